The van der Waals surface area contributed by atoms with Gasteiger partial charge >= 0.3 is 0 Å². The Labute approximate surface area is 130 Å². The number of rotatable bonds is 6. The van der Waals surface area contributed by atoms with Crippen LogP contribution in [0.25, 0.3) is 0 Å². The summed E-state index contributed by atoms with van der Waals surface area (Å²) in [5.74, 6) is 0.601. The first-order valence-electron chi connectivity index (χ1n) is 8.55. The zero-order chi connectivity index (χ0) is 15.6. The summed E-state index contributed by atoms with van der Waals surface area (Å²) in [5.41, 5.74) is 0.474. The standard InChI is InChI=1S/C16H32N2O2S/c1-4-15(3)13-17-16(9-6-7-10-16)14-18(15)11-8-12-21(19,20)5-2/h17H,4-14H2,1-3H3. The van der Waals surface area contributed by atoms with E-state index in [1.807, 2.05) is 0 Å². The number of hydrogen-bond donors (Lipinski definition) is 1. The molecule has 21 heavy (non-hydrogen) atoms. The number of hydrogen-bond acceptors (Lipinski definition) is 4. The van der Waals surface area contributed by atoms with Gasteiger partial charge in [0, 0.05) is 29.9 Å². The summed E-state index contributed by atoms with van der Waals surface area (Å²) < 4.78 is 23.4. The van der Waals surface area contributed by atoms with Crippen molar-refractivity contribution in [3.63, 3.8) is 0 Å². The maximum atomic E-state index is 11.7. The van der Waals surface area contributed by atoms with E-state index in [-0.39, 0.29) is 11.3 Å². The molecule has 0 aromatic carbocycles. The number of sulfone groups is 1. The van der Waals surface area contributed by atoms with E-state index >= 15 is 0 Å². The maximum absolute atomic E-state index is 11.7. The van der Waals surface area contributed by atoms with E-state index in [0.29, 0.717) is 11.3 Å². The first-order valence-corrected chi connectivity index (χ1v) is 10.4. The third-order valence-electron chi connectivity index (χ3n) is 5.75. The summed E-state index contributed by atoms with van der Waals surface area (Å²) in [4.78, 5) is 2.57. The Hall–Kier alpha value is -0.130. The second-order valence-corrected chi connectivity index (χ2v) is 9.68. The highest BCUT2D eigenvalue weighted by molar-refractivity contribution is 7.91. The Bertz CT molecular complexity index is 443. The molecule has 2 rings (SSSR count). The number of nitrogens with zero attached hydrogens (tertiary/aromatic N) is 1. The van der Waals surface area contributed by atoms with Crippen molar-refractivity contribution in [3.05, 3.63) is 0 Å². The minimum absolute atomic E-state index is 0.170. The van der Waals surface area contributed by atoms with Gasteiger partial charge in [0.25, 0.3) is 0 Å². The van der Waals surface area contributed by atoms with Gasteiger partial charge in [0.05, 0.1) is 5.75 Å². The molecule has 1 saturated carbocycles. The van der Waals surface area contributed by atoms with Crippen LogP contribution in [0.4, 0.5) is 0 Å². The minimum atomic E-state index is -2.83. The van der Waals surface area contributed by atoms with Crippen LogP contribution >= 0.6 is 0 Å². The molecule has 1 atom stereocenters. The van der Waals surface area contributed by atoms with Crippen molar-refractivity contribution in [2.45, 2.75) is 70.4 Å². The first-order chi connectivity index (χ1) is 9.85. The van der Waals surface area contributed by atoms with Crippen LogP contribution in [-0.4, -0.2) is 55.5 Å². The summed E-state index contributed by atoms with van der Waals surface area (Å²) in [6.45, 7) is 9.32. The molecule has 0 aromatic heterocycles. The zero-order valence-electron chi connectivity index (χ0n) is 14.0. The van der Waals surface area contributed by atoms with Crippen molar-refractivity contribution in [1.82, 2.24) is 10.2 Å². The third-order valence-corrected chi connectivity index (χ3v) is 7.54. The average molecular weight is 317 g/mol. The van der Waals surface area contributed by atoms with Crippen LogP contribution in [0.3, 0.4) is 0 Å². The van der Waals surface area contributed by atoms with Gasteiger partial charge in [-0.2, -0.15) is 0 Å². The second kappa shape index (κ2) is 6.55. The van der Waals surface area contributed by atoms with E-state index in [9.17, 15) is 8.42 Å². The molecule has 1 aliphatic heterocycles. The highest BCUT2D eigenvalue weighted by Gasteiger charge is 2.45. The lowest BCUT2D eigenvalue weighted by molar-refractivity contribution is 0.0146. The molecular formula is C16H32N2O2S. The summed E-state index contributed by atoms with van der Waals surface area (Å²) >= 11 is 0. The molecule has 2 aliphatic rings. The molecule has 0 bridgehead atoms. The molecule has 1 N–H and O–H groups in total. The lowest BCUT2D eigenvalue weighted by Gasteiger charge is -2.52. The Morgan fingerprint density at radius 3 is 2.43 bits per heavy atom. The largest absolute Gasteiger partial charge is 0.308 e. The quantitative estimate of drug-likeness (QED) is 0.816. The molecule has 2 fully saturated rings. The Morgan fingerprint density at radius 2 is 1.86 bits per heavy atom. The van der Waals surface area contributed by atoms with Gasteiger partial charge < -0.3 is 5.32 Å². The van der Waals surface area contributed by atoms with E-state index in [1.165, 1.54) is 25.7 Å². The third kappa shape index (κ3) is 3.99. The van der Waals surface area contributed by atoms with Gasteiger partial charge in [-0.1, -0.05) is 26.7 Å². The molecular weight excluding hydrogens is 284 g/mol. The fourth-order valence-electron chi connectivity index (χ4n) is 3.81. The smallest absolute Gasteiger partial charge is 0.150 e. The van der Waals surface area contributed by atoms with Crippen molar-refractivity contribution >= 4 is 9.84 Å². The van der Waals surface area contributed by atoms with Crippen LogP contribution in [0.2, 0.25) is 0 Å². The van der Waals surface area contributed by atoms with Gasteiger partial charge in [-0.05, 0) is 39.2 Å². The molecule has 0 radical (unpaired) electrons. The van der Waals surface area contributed by atoms with Crippen molar-refractivity contribution in [2.75, 3.05) is 31.1 Å². The van der Waals surface area contributed by atoms with Gasteiger partial charge in [-0.15, -0.1) is 0 Å². The van der Waals surface area contributed by atoms with Crippen LogP contribution < -0.4 is 5.32 Å². The summed E-state index contributed by atoms with van der Waals surface area (Å²) in [6, 6.07) is 0. The van der Waals surface area contributed by atoms with Gasteiger partial charge in [0.1, 0.15) is 9.84 Å². The number of nitrogens with one attached hydrogen (secondary N) is 1. The molecule has 1 aliphatic carbocycles. The van der Waals surface area contributed by atoms with Crippen molar-refractivity contribution in [2.24, 2.45) is 0 Å². The van der Waals surface area contributed by atoms with E-state index in [0.717, 1.165) is 32.5 Å². The lowest BCUT2D eigenvalue weighted by Crippen LogP contribution is -2.68. The topological polar surface area (TPSA) is 49.4 Å². The molecule has 0 aromatic rings. The minimum Gasteiger partial charge on any atom is -0.308 e. The SMILES string of the molecule is CCC1(C)CNC2(CCCC2)CN1CCCS(=O)(=O)CC. The number of piperazine rings is 1. The van der Waals surface area contributed by atoms with Crippen molar-refractivity contribution in [3.8, 4) is 0 Å². The maximum Gasteiger partial charge on any atom is 0.150 e. The lowest BCUT2D eigenvalue weighted by atomic mass is 9.85. The van der Waals surface area contributed by atoms with Crippen LogP contribution in [0.15, 0.2) is 0 Å². The second-order valence-electron chi connectivity index (χ2n) is 7.20. The fourth-order valence-corrected chi connectivity index (χ4v) is 4.66. The normalized spacial score (nSPS) is 30.0. The molecule has 1 heterocycles. The van der Waals surface area contributed by atoms with Crippen LogP contribution in [-0.2, 0) is 9.84 Å². The van der Waals surface area contributed by atoms with Crippen LogP contribution in [0, 0.1) is 0 Å². The van der Waals surface area contributed by atoms with Gasteiger partial charge in [0.2, 0.25) is 0 Å². The highest BCUT2D eigenvalue weighted by atomic mass is 32.2. The highest BCUT2D eigenvalue weighted by Crippen LogP contribution is 2.36. The summed E-state index contributed by atoms with van der Waals surface area (Å²) in [7, 11) is -2.83. The van der Waals surface area contributed by atoms with Crippen molar-refractivity contribution < 1.29 is 8.42 Å². The van der Waals surface area contributed by atoms with Gasteiger partial charge in [0.15, 0.2) is 0 Å². The molecule has 124 valence electrons. The molecule has 1 unspecified atom stereocenters. The molecule has 1 spiro atoms. The average Bonchev–Trinajstić information content (AvgIpc) is 2.91. The summed E-state index contributed by atoms with van der Waals surface area (Å²) in [5, 5.41) is 3.82. The molecule has 1 saturated heterocycles. The zero-order valence-corrected chi connectivity index (χ0v) is 14.8. The van der Waals surface area contributed by atoms with E-state index in [4.69, 9.17) is 0 Å². The predicted octanol–water partition coefficient (Wildman–Crippen LogP) is 2.20. The molecule has 5 heteroatoms. The van der Waals surface area contributed by atoms with Crippen molar-refractivity contribution in [1.29, 1.82) is 0 Å². The first kappa shape index (κ1) is 17.2. The van der Waals surface area contributed by atoms with Gasteiger partial charge in [-0.25, -0.2) is 8.42 Å². The van der Waals surface area contributed by atoms with Gasteiger partial charge in [-0.3, -0.25) is 4.90 Å². The van der Waals surface area contributed by atoms with E-state index in [2.05, 4.69) is 24.1 Å². The monoisotopic (exact) mass is 316 g/mol. The summed E-state index contributed by atoms with van der Waals surface area (Å²) in [6.07, 6.45) is 7.08. The predicted molar refractivity (Wildman–Crippen MR) is 88.4 cm³/mol. The Morgan fingerprint density at radius 1 is 1.19 bits per heavy atom. The fraction of sp³-hybridized carbons (Fsp3) is 1.00. The Kier molecular flexibility index (Phi) is 5.37. The Balaban J connectivity index is 1.98. The van der Waals surface area contributed by atoms with Crippen LogP contribution in [0.1, 0.15) is 59.3 Å². The van der Waals surface area contributed by atoms with E-state index < -0.39 is 9.84 Å². The van der Waals surface area contributed by atoms with E-state index in [1.54, 1.807) is 6.92 Å². The molecule has 4 nitrogen and oxygen atoms in total. The van der Waals surface area contributed by atoms with Crippen LogP contribution in [0.5, 0.6) is 0 Å². The molecule has 0 amide bonds.